The molecule has 0 aliphatic rings. The summed E-state index contributed by atoms with van der Waals surface area (Å²) in [4.78, 5) is 27.9. The van der Waals surface area contributed by atoms with E-state index in [4.69, 9.17) is 4.42 Å². The number of amides is 2. The van der Waals surface area contributed by atoms with E-state index >= 15 is 0 Å². The topological polar surface area (TPSA) is 109 Å². The van der Waals surface area contributed by atoms with Crippen molar-refractivity contribution < 1.29 is 22.4 Å². The highest BCUT2D eigenvalue weighted by Crippen LogP contribution is 2.17. The van der Waals surface area contributed by atoms with E-state index in [1.165, 1.54) is 23.3 Å². The second kappa shape index (κ2) is 11.8. The number of nitrogens with one attached hydrogen (secondary N) is 2. The summed E-state index contributed by atoms with van der Waals surface area (Å²) in [6, 6.07) is 18.4. The van der Waals surface area contributed by atoms with Crippen LogP contribution in [0.2, 0.25) is 0 Å². The summed E-state index contributed by atoms with van der Waals surface area (Å²) in [5.74, 6) is -0.615. The summed E-state index contributed by atoms with van der Waals surface area (Å²) in [6.45, 7) is 5.38. The Morgan fingerprint density at radius 2 is 1.66 bits per heavy atom. The highest BCUT2D eigenvalue weighted by Gasteiger charge is 2.33. The summed E-state index contributed by atoms with van der Waals surface area (Å²) in [5.41, 5.74) is 1.85. The monoisotopic (exact) mass is 497 g/mol. The molecule has 186 valence electrons. The third kappa shape index (κ3) is 7.27. The highest BCUT2D eigenvalue weighted by molar-refractivity contribution is 7.89. The minimum Gasteiger partial charge on any atom is -0.467 e. The van der Waals surface area contributed by atoms with Crippen molar-refractivity contribution in [2.75, 3.05) is 6.54 Å². The van der Waals surface area contributed by atoms with Crippen molar-refractivity contribution in [3.05, 3.63) is 89.9 Å². The molecule has 0 aliphatic heterocycles. The number of benzene rings is 2. The number of carbonyl (C=O) groups excluding carboxylic acids is 2. The quantitative estimate of drug-likeness (QED) is 0.423. The van der Waals surface area contributed by atoms with Crippen LogP contribution in [-0.4, -0.2) is 37.7 Å². The Hall–Kier alpha value is -3.43. The molecule has 1 heterocycles. The Morgan fingerprint density at radius 3 is 2.26 bits per heavy atom. The predicted molar refractivity (Wildman–Crippen MR) is 133 cm³/mol. The Balaban J connectivity index is 1.78. The molecule has 0 radical (unpaired) electrons. The van der Waals surface area contributed by atoms with Crippen LogP contribution in [-0.2, 0) is 32.7 Å². The first-order valence-corrected chi connectivity index (χ1v) is 12.9. The lowest BCUT2D eigenvalue weighted by Crippen LogP contribution is -2.53. The minimum atomic E-state index is -3.90. The largest absolute Gasteiger partial charge is 0.467 e. The second-order valence-corrected chi connectivity index (χ2v) is 10.4. The van der Waals surface area contributed by atoms with Crippen molar-refractivity contribution in [2.24, 2.45) is 5.92 Å². The van der Waals surface area contributed by atoms with Gasteiger partial charge in [0.15, 0.2) is 0 Å². The van der Waals surface area contributed by atoms with Gasteiger partial charge in [0.1, 0.15) is 11.8 Å². The van der Waals surface area contributed by atoms with Crippen molar-refractivity contribution in [1.29, 1.82) is 0 Å². The fraction of sp³-hybridized carbons (Fsp3) is 0.308. The molecule has 8 nitrogen and oxygen atoms in total. The molecule has 0 bridgehead atoms. The van der Waals surface area contributed by atoms with Gasteiger partial charge in [-0.25, -0.2) is 13.1 Å². The van der Waals surface area contributed by atoms with Crippen molar-refractivity contribution in [3.8, 4) is 0 Å². The van der Waals surface area contributed by atoms with Gasteiger partial charge in [0, 0.05) is 6.54 Å². The van der Waals surface area contributed by atoms with Crippen LogP contribution in [0.25, 0.3) is 0 Å². The lowest BCUT2D eigenvalue weighted by Gasteiger charge is -2.33. The van der Waals surface area contributed by atoms with Gasteiger partial charge < -0.3 is 14.6 Å². The minimum absolute atomic E-state index is 0.0275. The van der Waals surface area contributed by atoms with Gasteiger partial charge in [-0.05, 0) is 42.7 Å². The number of hydrogen-bond acceptors (Lipinski definition) is 5. The maximum Gasteiger partial charge on any atom is 0.243 e. The van der Waals surface area contributed by atoms with Gasteiger partial charge in [-0.3, -0.25) is 9.59 Å². The molecule has 3 aromatic rings. The molecule has 0 fully saturated rings. The Kier molecular flexibility index (Phi) is 8.84. The fourth-order valence-corrected chi connectivity index (χ4v) is 4.64. The van der Waals surface area contributed by atoms with E-state index in [0.29, 0.717) is 12.3 Å². The first-order valence-electron chi connectivity index (χ1n) is 11.4. The zero-order chi connectivity index (χ0) is 25.4. The van der Waals surface area contributed by atoms with Crippen LogP contribution < -0.4 is 10.0 Å². The van der Waals surface area contributed by atoms with E-state index < -0.39 is 28.5 Å². The third-order valence-corrected chi connectivity index (χ3v) is 6.93. The molecule has 0 spiro atoms. The number of aryl methyl sites for hydroxylation is 1. The Bertz CT molecular complexity index is 1210. The summed E-state index contributed by atoms with van der Waals surface area (Å²) < 4.78 is 33.2. The van der Waals surface area contributed by atoms with E-state index in [2.05, 4.69) is 10.0 Å². The second-order valence-electron chi connectivity index (χ2n) is 8.63. The molecule has 1 unspecified atom stereocenters. The van der Waals surface area contributed by atoms with Crippen LogP contribution in [0, 0.1) is 12.8 Å². The van der Waals surface area contributed by atoms with Crippen LogP contribution in [0.5, 0.6) is 0 Å². The number of furan rings is 1. The molecule has 9 heteroatoms. The van der Waals surface area contributed by atoms with Crippen LogP contribution in [0.4, 0.5) is 0 Å². The predicted octanol–water partition coefficient (Wildman–Crippen LogP) is 3.24. The fourth-order valence-electron chi connectivity index (χ4n) is 3.66. The van der Waals surface area contributed by atoms with Crippen molar-refractivity contribution in [1.82, 2.24) is 14.9 Å². The van der Waals surface area contributed by atoms with Crippen LogP contribution in [0.15, 0.2) is 82.3 Å². The van der Waals surface area contributed by atoms with Gasteiger partial charge in [0.2, 0.25) is 21.8 Å². The number of carbonyl (C=O) groups is 2. The van der Waals surface area contributed by atoms with Crippen molar-refractivity contribution >= 4 is 21.8 Å². The zero-order valence-corrected chi connectivity index (χ0v) is 20.9. The van der Waals surface area contributed by atoms with Gasteiger partial charge >= 0.3 is 0 Å². The number of hydrogen-bond donors (Lipinski definition) is 2. The summed E-state index contributed by atoms with van der Waals surface area (Å²) in [5, 5.41) is 2.90. The number of sulfonamides is 1. The summed E-state index contributed by atoms with van der Waals surface area (Å²) >= 11 is 0. The molecule has 0 saturated carbocycles. The van der Waals surface area contributed by atoms with Crippen LogP contribution in [0.3, 0.4) is 0 Å². The lowest BCUT2D eigenvalue weighted by atomic mass is 10.0. The number of rotatable bonds is 11. The Labute approximate surface area is 206 Å². The summed E-state index contributed by atoms with van der Waals surface area (Å²) in [7, 11) is -3.90. The van der Waals surface area contributed by atoms with Crippen molar-refractivity contribution in [3.63, 3.8) is 0 Å². The maximum absolute atomic E-state index is 13.3. The average Bonchev–Trinajstić information content (AvgIpc) is 3.35. The molecule has 2 N–H and O–H groups in total. The van der Waals surface area contributed by atoms with Gasteiger partial charge in [0.25, 0.3) is 0 Å². The summed E-state index contributed by atoms with van der Waals surface area (Å²) in [6.07, 6.45) is 1.48. The molecule has 1 atom stereocenters. The molecule has 0 saturated heterocycles. The highest BCUT2D eigenvalue weighted by atomic mass is 32.2. The first kappa shape index (κ1) is 26.2. The smallest absolute Gasteiger partial charge is 0.243 e. The molecular formula is C26H31N3O5S. The van der Waals surface area contributed by atoms with Gasteiger partial charge in [-0.15, -0.1) is 0 Å². The maximum atomic E-state index is 13.3. The molecular weight excluding hydrogens is 466 g/mol. The van der Waals surface area contributed by atoms with Gasteiger partial charge in [0.05, 0.1) is 24.2 Å². The molecule has 2 amide bonds. The zero-order valence-electron chi connectivity index (χ0n) is 20.1. The van der Waals surface area contributed by atoms with Crippen LogP contribution in [0.1, 0.15) is 30.7 Å². The SMILES string of the molecule is Cc1ccc(S(=O)(=O)NCC(=O)N(Cc2ccco2)C(C(=O)NCc2ccccc2)C(C)C)cc1. The van der Waals surface area contributed by atoms with Crippen molar-refractivity contribution in [2.45, 2.75) is 44.8 Å². The molecule has 2 aromatic carbocycles. The van der Waals surface area contributed by atoms with E-state index in [9.17, 15) is 18.0 Å². The average molecular weight is 498 g/mol. The molecule has 0 aliphatic carbocycles. The standard InChI is InChI=1S/C26H31N3O5S/c1-19(2)25(26(31)27-16-21-8-5-4-6-9-21)29(18-22-10-7-15-34-22)24(30)17-28-35(32,33)23-13-11-20(3)12-14-23/h4-15,19,25,28H,16-18H2,1-3H3,(H,27,31). The van der Waals surface area contributed by atoms with E-state index in [0.717, 1.165) is 11.1 Å². The van der Waals surface area contributed by atoms with Crippen LogP contribution >= 0.6 is 0 Å². The van der Waals surface area contributed by atoms with Gasteiger partial charge in [-0.2, -0.15) is 0 Å². The third-order valence-electron chi connectivity index (χ3n) is 5.52. The van der Waals surface area contributed by atoms with Gasteiger partial charge in [-0.1, -0.05) is 61.9 Å². The lowest BCUT2D eigenvalue weighted by molar-refractivity contribution is -0.142. The first-order chi connectivity index (χ1) is 16.7. The normalized spacial score (nSPS) is 12.3. The van der Waals surface area contributed by atoms with E-state index in [-0.39, 0.29) is 23.3 Å². The Morgan fingerprint density at radius 1 is 0.971 bits per heavy atom. The molecule has 3 rings (SSSR count). The van der Waals surface area contributed by atoms with E-state index in [1.54, 1.807) is 24.3 Å². The van der Waals surface area contributed by atoms with E-state index in [1.807, 2.05) is 51.1 Å². The molecule has 1 aromatic heterocycles. The molecule has 35 heavy (non-hydrogen) atoms. The number of nitrogens with zero attached hydrogens (tertiary/aromatic N) is 1.